The van der Waals surface area contributed by atoms with Crippen LogP contribution in [0.1, 0.15) is 17.1 Å². The molecule has 0 amide bonds. The van der Waals surface area contributed by atoms with E-state index in [1.807, 2.05) is 60.7 Å². The minimum absolute atomic E-state index is 0.0139. The molecule has 1 aromatic heterocycles. The van der Waals surface area contributed by atoms with E-state index in [1.54, 1.807) is 6.21 Å². The summed E-state index contributed by atoms with van der Waals surface area (Å²) in [6.45, 7) is 0.483. The fourth-order valence-corrected chi connectivity index (χ4v) is 2.74. The van der Waals surface area contributed by atoms with E-state index >= 15 is 0 Å². The minimum Gasteiger partial charge on any atom is -0.493 e. The number of imidazole rings is 1. The molecule has 3 aromatic rings. The van der Waals surface area contributed by atoms with Gasteiger partial charge in [-0.3, -0.25) is 4.99 Å². The zero-order chi connectivity index (χ0) is 17.1. The first-order valence-electron chi connectivity index (χ1n) is 8.10. The molecule has 0 saturated heterocycles. The molecule has 0 atom stereocenters. The van der Waals surface area contributed by atoms with Gasteiger partial charge in [0, 0.05) is 23.8 Å². The highest BCUT2D eigenvalue weighted by Crippen LogP contribution is 2.32. The smallest absolute Gasteiger partial charge is 0.237 e. The third-order valence-electron chi connectivity index (χ3n) is 3.97. The first-order chi connectivity index (χ1) is 12.3. The van der Waals surface area contributed by atoms with Crippen LogP contribution in [-0.2, 0) is 6.42 Å². The maximum Gasteiger partial charge on any atom is 0.237 e. The van der Waals surface area contributed by atoms with Gasteiger partial charge in [-0.2, -0.15) is 4.98 Å². The van der Waals surface area contributed by atoms with E-state index in [0.29, 0.717) is 24.5 Å². The molecule has 5 nitrogen and oxygen atoms in total. The first kappa shape index (κ1) is 15.2. The highest BCUT2D eigenvalue weighted by Gasteiger charge is 2.14. The number of H-pyrrole nitrogens is 1. The SMILES string of the molecule is Oc1nc(CCOc2ccccc2)[nH]c1/C=C1\C=Nc2ccccc21. The largest absolute Gasteiger partial charge is 0.493 e. The maximum absolute atomic E-state index is 10.1. The highest BCUT2D eigenvalue weighted by molar-refractivity contribution is 6.21. The minimum atomic E-state index is -0.0139. The second kappa shape index (κ2) is 6.65. The molecule has 0 saturated carbocycles. The molecule has 0 unspecified atom stereocenters. The molecule has 4 rings (SSSR count). The van der Waals surface area contributed by atoms with E-state index in [-0.39, 0.29) is 5.88 Å². The van der Waals surface area contributed by atoms with E-state index in [1.165, 1.54) is 0 Å². The van der Waals surface area contributed by atoms with Gasteiger partial charge in [0.25, 0.3) is 0 Å². The Morgan fingerprint density at radius 1 is 1.04 bits per heavy atom. The van der Waals surface area contributed by atoms with Crippen LogP contribution < -0.4 is 4.74 Å². The molecule has 0 fully saturated rings. The van der Waals surface area contributed by atoms with E-state index in [2.05, 4.69) is 15.0 Å². The van der Waals surface area contributed by atoms with E-state index in [4.69, 9.17) is 4.74 Å². The molecule has 0 bridgehead atoms. The molecular formula is C20H17N3O2. The zero-order valence-electron chi connectivity index (χ0n) is 13.5. The van der Waals surface area contributed by atoms with Crippen LogP contribution in [0.15, 0.2) is 59.6 Å². The fraction of sp³-hybridized carbons (Fsp3) is 0.100. The van der Waals surface area contributed by atoms with E-state index in [0.717, 1.165) is 22.6 Å². The van der Waals surface area contributed by atoms with Gasteiger partial charge in [-0.25, -0.2) is 0 Å². The van der Waals surface area contributed by atoms with Crippen LogP contribution in [0.2, 0.25) is 0 Å². The fourth-order valence-electron chi connectivity index (χ4n) is 2.74. The molecule has 0 radical (unpaired) electrons. The van der Waals surface area contributed by atoms with Gasteiger partial charge in [0.15, 0.2) is 0 Å². The summed E-state index contributed by atoms with van der Waals surface area (Å²) in [5, 5.41) is 10.1. The molecule has 0 spiro atoms. The molecule has 1 aliphatic rings. The number of aromatic amines is 1. The van der Waals surface area contributed by atoms with E-state index < -0.39 is 0 Å². The van der Waals surface area contributed by atoms with Crippen molar-refractivity contribution in [2.24, 2.45) is 4.99 Å². The van der Waals surface area contributed by atoms with Crippen LogP contribution in [-0.4, -0.2) is 27.9 Å². The van der Waals surface area contributed by atoms with Crippen LogP contribution >= 0.6 is 0 Å². The molecule has 0 aliphatic carbocycles. The molecule has 2 heterocycles. The van der Waals surface area contributed by atoms with Gasteiger partial charge in [0.1, 0.15) is 17.3 Å². The Bertz CT molecular complexity index is 943. The number of ether oxygens (including phenoxy) is 1. The van der Waals surface area contributed by atoms with Crippen molar-refractivity contribution in [3.8, 4) is 11.6 Å². The van der Waals surface area contributed by atoms with Crippen molar-refractivity contribution >= 4 is 23.6 Å². The van der Waals surface area contributed by atoms with Crippen molar-refractivity contribution in [2.75, 3.05) is 6.61 Å². The van der Waals surface area contributed by atoms with Crippen molar-refractivity contribution in [1.82, 2.24) is 9.97 Å². The molecule has 5 heteroatoms. The molecule has 25 heavy (non-hydrogen) atoms. The lowest BCUT2D eigenvalue weighted by molar-refractivity contribution is 0.319. The third-order valence-corrected chi connectivity index (χ3v) is 3.97. The van der Waals surface area contributed by atoms with Gasteiger partial charge in [0.2, 0.25) is 5.88 Å². The Balaban J connectivity index is 1.46. The summed E-state index contributed by atoms with van der Waals surface area (Å²) in [6.07, 6.45) is 4.23. The van der Waals surface area contributed by atoms with E-state index in [9.17, 15) is 5.11 Å². The van der Waals surface area contributed by atoms with Gasteiger partial charge < -0.3 is 14.8 Å². The number of hydrogen-bond donors (Lipinski definition) is 2. The number of fused-ring (bicyclic) bond motifs is 1. The average molecular weight is 331 g/mol. The lowest BCUT2D eigenvalue weighted by Gasteiger charge is -2.03. The number of benzene rings is 2. The summed E-state index contributed by atoms with van der Waals surface area (Å²) in [6, 6.07) is 17.5. The monoisotopic (exact) mass is 331 g/mol. The summed E-state index contributed by atoms with van der Waals surface area (Å²) < 4.78 is 5.66. The van der Waals surface area contributed by atoms with Crippen molar-refractivity contribution in [3.63, 3.8) is 0 Å². The second-order valence-corrected chi connectivity index (χ2v) is 5.71. The molecule has 1 aliphatic heterocycles. The number of nitrogens with zero attached hydrogens (tertiary/aromatic N) is 2. The topological polar surface area (TPSA) is 70.5 Å². The van der Waals surface area contributed by atoms with Crippen LogP contribution in [0, 0.1) is 0 Å². The Morgan fingerprint density at radius 2 is 1.84 bits per heavy atom. The lowest BCUT2D eigenvalue weighted by atomic mass is 10.1. The number of nitrogens with one attached hydrogen (secondary N) is 1. The van der Waals surface area contributed by atoms with Crippen LogP contribution in [0.4, 0.5) is 5.69 Å². The number of aromatic hydroxyl groups is 1. The summed E-state index contributed by atoms with van der Waals surface area (Å²) >= 11 is 0. The van der Waals surface area contributed by atoms with Crippen molar-refractivity contribution in [2.45, 2.75) is 6.42 Å². The molecule has 2 aromatic carbocycles. The molecule has 124 valence electrons. The summed E-state index contributed by atoms with van der Waals surface area (Å²) in [7, 11) is 0. The van der Waals surface area contributed by atoms with Crippen LogP contribution in [0.25, 0.3) is 11.6 Å². The summed E-state index contributed by atoms with van der Waals surface area (Å²) in [5.41, 5.74) is 3.50. The predicted octanol–water partition coefficient (Wildman–Crippen LogP) is 3.99. The van der Waals surface area contributed by atoms with Gasteiger partial charge in [-0.1, -0.05) is 36.4 Å². The van der Waals surface area contributed by atoms with Crippen LogP contribution in [0.3, 0.4) is 0 Å². The predicted molar refractivity (Wildman–Crippen MR) is 98.4 cm³/mol. The Kier molecular flexibility index (Phi) is 4.04. The Morgan fingerprint density at radius 3 is 2.72 bits per heavy atom. The van der Waals surface area contributed by atoms with Crippen molar-refractivity contribution in [3.05, 3.63) is 71.7 Å². The standard InChI is InChI=1S/C20H17N3O2/c24-20-18(12-14-13-21-17-9-5-4-8-16(14)17)22-19(23-20)10-11-25-15-6-2-1-3-7-15/h1-9,12-13,24H,10-11H2,(H,22,23)/b14-12+. The average Bonchev–Trinajstić information content (AvgIpc) is 3.20. The number of aromatic nitrogens is 2. The molecule has 2 N–H and O–H groups in total. The second-order valence-electron chi connectivity index (χ2n) is 5.71. The highest BCUT2D eigenvalue weighted by atomic mass is 16.5. The van der Waals surface area contributed by atoms with Crippen LogP contribution in [0.5, 0.6) is 11.6 Å². The Hall–Kier alpha value is -3.34. The lowest BCUT2D eigenvalue weighted by Crippen LogP contribution is -2.02. The summed E-state index contributed by atoms with van der Waals surface area (Å²) in [4.78, 5) is 11.7. The number of hydrogen-bond acceptors (Lipinski definition) is 4. The summed E-state index contributed by atoms with van der Waals surface area (Å²) in [5.74, 6) is 1.49. The van der Waals surface area contributed by atoms with Gasteiger partial charge >= 0.3 is 0 Å². The number of allylic oxidation sites excluding steroid dienone is 1. The third kappa shape index (κ3) is 3.30. The molecular weight excluding hydrogens is 314 g/mol. The maximum atomic E-state index is 10.1. The number of rotatable bonds is 5. The van der Waals surface area contributed by atoms with Gasteiger partial charge in [-0.15, -0.1) is 0 Å². The Labute approximate surface area is 145 Å². The first-order valence-corrected chi connectivity index (χ1v) is 8.10. The number of aliphatic imine (C=N–C) groups is 1. The van der Waals surface area contributed by atoms with Crippen molar-refractivity contribution in [1.29, 1.82) is 0 Å². The quantitative estimate of drug-likeness (QED) is 0.742. The van der Waals surface area contributed by atoms with Gasteiger partial charge in [0.05, 0.1) is 12.3 Å². The number of para-hydroxylation sites is 2. The van der Waals surface area contributed by atoms with Crippen molar-refractivity contribution < 1.29 is 9.84 Å². The zero-order valence-corrected chi connectivity index (χ0v) is 13.5. The normalized spacial score (nSPS) is 14.0. The van der Waals surface area contributed by atoms with Gasteiger partial charge in [-0.05, 0) is 24.3 Å².